The molecule has 1 heterocycles. The SMILES string of the molecule is C#CC(CC)NS(=O)(=O)c1c(Br)nnn1C. The second kappa shape index (κ2) is 4.95. The van der Waals surface area contributed by atoms with E-state index >= 15 is 0 Å². The van der Waals surface area contributed by atoms with Gasteiger partial charge in [0.25, 0.3) is 10.0 Å². The number of aryl methyl sites for hydroxylation is 1. The Kier molecular flexibility index (Phi) is 4.07. The summed E-state index contributed by atoms with van der Waals surface area (Å²) in [6.45, 7) is 1.80. The highest BCUT2D eigenvalue weighted by atomic mass is 79.9. The van der Waals surface area contributed by atoms with Crippen molar-refractivity contribution in [3.05, 3.63) is 4.60 Å². The second-order valence-corrected chi connectivity index (χ2v) is 5.44. The van der Waals surface area contributed by atoms with Crippen LogP contribution in [0.5, 0.6) is 0 Å². The Balaban J connectivity index is 3.09. The van der Waals surface area contributed by atoms with Crippen LogP contribution in [-0.2, 0) is 17.1 Å². The topological polar surface area (TPSA) is 76.9 Å². The van der Waals surface area contributed by atoms with Crippen LogP contribution in [-0.4, -0.2) is 29.5 Å². The Morgan fingerprint density at radius 2 is 2.31 bits per heavy atom. The number of nitrogens with zero attached hydrogens (tertiary/aromatic N) is 3. The lowest BCUT2D eigenvalue weighted by Crippen LogP contribution is -2.34. The summed E-state index contributed by atoms with van der Waals surface area (Å²) in [4.78, 5) is 0. The van der Waals surface area contributed by atoms with Crippen molar-refractivity contribution < 1.29 is 8.42 Å². The fraction of sp³-hybridized carbons (Fsp3) is 0.500. The molecule has 88 valence electrons. The predicted octanol–water partition coefficient (Wildman–Crippen LogP) is 0.268. The minimum absolute atomic E-state index is 0.0406. The van der Waals surface area contributed by atoms with E-state index in [0.29, 0.717) is 6.42 Å². The number of nitrogens with one attached hydrogen (secondary N) is 1. The summed E-state index contributed by atoms with van der Waals surface area (Å²) in [5, 5.41) is 7.15. The van der Waals surface area contributed by atoms with Gasteiger partial charge < -0.3 is 0 Å². The number of rotatable bonds is 4. The van der Waals surface area contributed by atoms with E-state index in [1.807, 2.05) is 0 Å². The van der Waals surface area contributed by atoms with Gasteiger partial charge in [-0.05, 0) is 22.4 Å². The van der Waals surface area contributed by atoms with E-state index in [-0.39, 0.29) is 9.63 Å². The number of terminal acetylenes is 1. The highest BCUT2D eigenvalue weighted by Gasteiger charge is 2.25. The molecule has 0 aromatic carbocycles. The van der Waals surface area contributed by atoms with Crippen LogP contribution in [0.25, 0.3) is 0 Å². The zero-order chi connectivity index (χ0) is 12.3. The van der Waals surface area contributed by atoms with Crippen LogP contribution in [0.4, 0.5) is 0 Å². The van der Waals surface area contributed by atoms with Crippen molar-refractivity contribution >= 4 is 26.0 Å². The first-order chi connectivity index (χ1) is 7.42. The fourth-order valence-corrected chi connectivity index (χ4v) is 3.42. The third-order valence-electron chi connectivity index (χ3n) is 1.90. The Labute approximate surface area is 103 Å². The highest BCUT2D eigenvalue weighted by Crippen LogP contribution is 2.17. The molecule has 1 rings (SSSR count). The molecule has 0 saturated carbocycles. The van der Waals surface area contributed by atoms with E-state index in [1.165, 1.54) is 7.05 Å². The van der Waals surface area contributed by atoms with Gasteiger partial charge in [0.2, 0.25) is 5.03 Å². The molecule has 0 aliphatic heterocycles. The number of sulfonamides is 1. The lowest BCUT2D eigenvalue weighted by molar-refractivity contribution is 0.551. The number of hydrogen-bond acceptors (Lipinski definition) is 4. The average molecular weight is 307 g/mol. The van der Waals surface area contributed by atoms with E-state index in [4.69, 9.17) is 6.42 Å². The minimum atomic E-state index is -3.70. The maximum atomic E-state index is 11.9. The van der Waals surface area contributed by atoms with Gasteiger partial charge in [-0.1, -0.05) is 18.1 Å². The van der Waals surface area contributed by atoms with E-state index in [1.54, 1.807) is 6.92 Å². The Morgan fingerprint density at radius 1 is 1.69 bits per heavy atom. The van der Waals surface area contributed by atoms with Crippen molar-refractivity contribution in [1.29, 1.82) is 0 Å². The second-order valence-electron chi connectivity index (χ2n) is 3.06. The molecule has 0 spiro atoms. The molecular weight excluding hydrogens is 296 g/mol. The summed E-state index contributed by atoms with van der Waals surface area (Å²) in [6.07, 6.45) is 5.71. The zero-order valence-corrected chi connectivity index (χ0v) is 11.2. The lowest BCUT2D eigenvalue weighted by atomic mass is 10.3. The van der Waals surface area contributed by atoms with Crippen molar-refractivity contribution in [3.63, 3.8) is 0 Å². The maximum Gasteiger partial charge on any atom is 0.261 e. The van der Waals surface area contributed by atoms with Crippen molar-refractivity contribution in [1.82, 2.24) is 19.7 Å². The molecule has 1 atom stereocenters. The van der Waals surface area contributed by atoms with Crippen molar-refractivity contribution in [2.24, 2.45) is 7.05 Å². The molecular formula is C8H11BrN4O2S. The van der Waals surface area contributed by atoms with E-state index in [9.17, 15) is 8.42 Å². The third kappa shape index (κ3) is 2.61. The molecule has 1 aromatic heterocycles. The lowest BCUT2D eigenvalue weighted by Gasteiger charge is -2.10. The van der Waals surface area contributed by atoms with Gasteiger partial charge in [0.1, 0.15) is 0 Å². The molecule has 16 heavy (non-hydrogen) atoms. The summed E-state index contributed by atoms with van der Waals surface area (Å²) < 4.78 is 27.6. The van der Waals surface area contributed by atoms with E-state index < -0.39 is 16.1 Å². The smallest absolute Gasteiger partial charge is 0.235 e. The molecule has 1 N–H and O–H groups in total. The molecule has 0 amide bonds. The largest absolute Gasteiger partial charge is 0.261 e. The summed E-state index contributed by atoms with van der Waals surface area (Å²) >= 11 is 3.02. The van der Waals surface area contributed by atoms with Crippen molar-refractivity contribution in [2.45, 2.75) is 24.4 Å². The molecule has 0 aliphatic carbocycles. The van der Waals surface area contributed by atoms with Crippen LogP contribution in [0.2, 0.25) is 0 Å². The first-order valence-electron chi connectivity index (χ1n) is 4.46. The molecule has 1 aromatic rings. The Bertz CT molecular complexity index is 497. The maximum absolute atomic E-state index is 11.9. The molecule has 0 aliphatic rings. The summed E-state index contributed by atoms with van der Waals surface area (Å²) in [7, 11) is -2.21. The van der Waals surface area contributed by atoms with Gasteiger partial charge in [-0.2, -0.15) is 4.72 Å². The van der Waals surface area contributed by atoms with Gasteiger partial charge in [0.15, 0.2) is 4.60 Å². The summed E-state index contributed by atoms with van der Waals surface area (Å²) in [6, 6.07) is -0.535. The monoisotopic (exact) mass is 306 g/mol. The minimum Gasteiger partial charge on any atom is -0.235 e. The van der Waals surface area contributed by atoms with Crippen LogP contribution in [0.15, 0.2) is 9.63 Å². The molecule has 0 fully saturated rings. The first kappa shape index (κ1) is 13.2. The van der Waals surface area contributed by atoms with Crippen LogP contribution in [0.1, 0.15) is 13.3 Å². The van der Waals surface area contributed by atoms with E-state index in [0.717, 1.165) is 4.68 Å². The number of aromatic nitrogens is 3. The summed E-state index contributed by atoms with van der Waals surface area (Å²) in [5.41, 5.74) is 0. The quantitative estimate of drug-likeness (QED) is 0.810. The number of hydrogen-bond donors (Lipinski definition) is 1. The zero-order valence-electron chi connectivity index (χ0n) is 8.81. The molecule has 0 saturated heterocycles. The molecule has 0 bridgehead atoms. The van der Waals surface area contributed by atoms with Crippen LogP contribution < -0.4 is 4.72 Å². The van der Waals surface area contributed by atoms with Crippen LogP contribution in [0.3, 0.4) is 0 Å². The van der Waals surface area contributed by atoms with Gasteiger partial charge in [-0.15, -0.1) is 11.5 Å². The molecule has 0 radical (unpaired) electrons. The highest BCUT2D eigenvalue weighted by molar-refractivity contribution is 9.10. The van der Waals surface area contributed by atoms with Gasteiger partial charge in [0, 0.05) is 7.05 Å². The predicted molar refractivity (Wildman–Crippen MR) is 61.9 cm³/mol. The van der Waals surface area contributed by atoms with Crippen molar-refractivity contribution in [2.75, 3.05) is 0 Å². The summed E-state index contributed by atoms with van der Waals surface area (Å²) in [5.74, 6) is 2.35. The molecule has 1 unspecified atom stereocenters. The van der Waals surface area contributed by atoms with Gasteiger partial charge in [0.05, 0.1) is 6.04 Å². The number of halogens is 1. The van der Waals surface area contributed by atoms with Gasteiger partial charge >= 0.3 is 0 Å². The van der Waals surface area contributed by atoms with Gasteiger partial charge in [-0.3, -0.25) is 0 Å². The Hall–Kier alpha value is -0.910. The van der Waals surface area contributed by atoms with Crippen LogP contribution in [0, 0.1) is 12.3 Å². The Morgan fingerprint density at radius 3 is 2.69 bits per heavy atom. The normalized spacial score (nSPS) is 13.4. The van der Waals surface area contributed by atoms with Crippen molar-refractivity contribution in [3.8, 4) is 12.3 Å². The molecule has 6 nitrogen and oxygen atoms in total. The molecule has 8 heteroatoms. The van der Waals surface area contributed by atoms with E-state index in [2.05, 4.69) is 36.9 Å². The van der Waals surface area contributed by atoms with Crippen LogP contribution >= 0.6 is 15.9 Å². The first-order valence-corrected chi connectivity index (χ1v) is 6.73. The van der Waals surface area contributed by atoms with Gasteiger partial charge in [-0.25, -0.2) is 13.1 Å². The average Bonchev–Trinajstić information content (AvgIpc) is 2.55. The fourth-order valence-electron chi connectivity index (χ4n) is 1.09. The third-order valence-corrected chi connectivity index (χ3v) is 4.26. The standard InChI is InChI=1S/C8H11BrN4O2S/c1-4-6(5-2)11-16(14,15)8-7(9)10-12-13(8)3/h1,6,11H,5H2,2-3H3.